The molecule has 0 saturated heterocycles. The number of methoxy groups -OCH3 is 1. The number of hydrogen-bond acceptors (Lipinski definition) is 3. The van der Waals surface area contributed by atoms with E-state index in [9.17, 15) is 4.79 Å². The van der Waals surface area contributed by atoms with Gasteiger partial charge in [0.15, 0.2) is 0 Å². The first-order chi connectivity index (χ1) is 11.6. The van der Waals surface area contributed by atoms with E-state index in [4.69, 9.17) is 4.74 Å². The molecule has 4 fully saturated rings. The Morgan fingerprint density at radius 3 is 2.29 bits per heavy atom. The molecule has 128 valence electrons. The van der Waals surface area contributed by atoms with Gasteiger partial charge in [-0.2, -0.15) is 5.10 Å². The van der Waals surface area contributed by atoms with E-state index >= 15 is 0 Å². The van der Waals surface area contributed by atoms with Crippen molar-refractivity contribution in [3.63, 3.8) is 0 Å². The van der Waals surface area contributed by atoms with Crippen LogP contribution in [-0.2, 0) is 0 Å². The van der Waals surface area contributed by atoms with Gasteiger partial charge in [0, 0.05) is 11.1 Å². The maximum atomic E-state index is 12.5. The Morgan fingerprint density at radius 1 is 1.12 bits per heavy atom. The van der Waals surface area contributed by atoms with Gasteiger partial charge in [-0.05, 0) is 75.3 Å². The third-order valence-electron chi connectivity index (χ3n) is 6.48. The largest absolute Gasteiger partial charge is 0.496 e. The van der Waals surface area contributed by atoms with Crippen molar-refractivity contribution in [1.29, 1.82) is 0 Å². The van der Waals surface area contributed by atoms with E-state index in [2.05, 4.69) is 17.5 Å². The lowest BCUT2D eigenvalue weighted by molar-refractivity contribution is -0.0128. The number of carbonyl (C=O) groups excluding carboxylic acids is 1. The van der Waals surface area contributed by atoms with Gasteiger partial charge in [0.25, 0.3) is 5.91 Å². The third-order valence-corrected chi connectivity index (χ3v) is 6.48. The van der Waals surface area contributed by atoms with Crippen LogP contribution in [0.15, 0.2) is 29.4 Å². The second-order valence-corrected chi connectivity index (χ2v) is 8.04. The van der Waals surface area contributed by atoms with Crippen LogP contribution in [0.25, 0.3) is 0 Å². The van der Waals surface area contributed by atoms with Crippen molar-refractivity contribution in [3.8, 4) is 5.75 Å². The summed E-state index contributed by atoms with van der Waals surface area (Å²) in [6.45, 7) is 2.11. The maximum Gasteiger partial charge on any atom is 0.275 e. The van der Waals surface area contributed by atoms with E-state index < -0.39 is 0 Å². The average Bonchev–Trinajstić information content (AvgIpc) is 2.58. The Labute approximate surface area is 143 Å². The first-order valence-corrected chi connectivity index (χ1v) is 9.08. The molecule has 0 aromatic heterocycles. The molecule has 4 bridgehead atoms. The molecule has 0 spiro atoms. The fourth-order valence-electron chi connectivity index (χ4n) is 5.70. The maximum absolute atomic E-state index is 12.5. The summed E-state index contributed by atoms with van der Waals surface area (Å²) in [5.74, 6) is 3.03. The van der Waals surface area contributed by atoms with Gasteiger partial charge in [-0.25, -0.2) is 5.43 Å². The molecular formula is C20H26N2O2. The molecule has 0 atom stereocenters. The summed E-state index contributed by atoms with van der Waals surface area (Å²) >= 11 is 0. The molecule has 5 rings (SSSR count). The van der Waals surface area contributed by atoms with Crippen molar-refractivity contribution >= 4 is 11.6 Å². The van der Waals surface area contributed by atoms with E-state index in [1.165, 1.54) is 38.5 Å². The Kier molecular flexibility index (Phi) is 3.86. The molecule has 1 aromatic rings. The Hall–Kier alpha value is -1.84. The molecule has 0 radical (unpaired) electrons. The highest BCUT2D eigenvalue weighted by Crippen LogP contribution is 2.60. The van der Waals surface area contributed by atoms with Gasteiger partial charge < -0.3 is 4.74 Å². The summed E-state index contributed by atoms with van der Waals surface area (Å²) in [6, 6.07) is 7.26. The van der Waals surface area contributed by atoms with Crippen molar-refractivity contribution in [2.45, 2.75) is 45.4 Å². The zero-order chi connectivity index (χ0) is 16.7. The summed E-state index contributed by atoms with van der Waals surface area (Å²) in [5.41, 5.74) is 4.65. The minimum atomic E-state index is -0.198. The molecule has 4 aliphatic carbocycles. The molecule has 0 unspecified atom stereocenters. The van der Waals surface area contributed by atoms with Gasteiger partial charge in [-0.1, -0.05) is 12.1 Å². The van der Waals surface area contributed by atoms with Crippen LogP contribution in [0.5, 0.6) is 5.75 Å². The van der Waals surface area contributed by atoms with Crippen molar-refractivity contribution < 1.29 is 9.53 Å². The molecule has 0 aliphatic heterocycles. The lowest BCUT2D eigenvalue weighted by atomic mass is 9.48. The highest BCUT2D eigenvalue weighted by atomic mass is 16.5. The number of para-hydroxylation sites is 1. The molecule has 4 saturated carbocycles. The molecule has 1 N–H and O–H groups in total. The number of benzene rings is 1. The topological polar surface area (TPSA) is 50.7 Å². The van der Waals surface area contributed by atoms with Gasteiger partial charge in [-0.15, -0.1) is 0 Å². The predicted octanol–water partition coefficient (Wildman–Crippen LogP) is 4.02. The molecule has 4 aliphatic rings. The van der Waals surface area contributed by atoms with Gasteiger partial charge in [-0.3, -0.25) is 4.79 Å². The highest BCUT2D eigenvalue weighted by molar-refractivity contribution is 5.98. The predicted molar refractivity (Wildman–Crippen MR) is 94.2 cm³/mol. The van der Waals surface area contributed by atoms with Crippen LogP contribution < -0.4 is 10.2 Å². The number of hydrazone groups is 1. The lowest BCUT2D eigenvalue weighted by Crippen LogP contribution is -2.49. The van der Waals surface area contributed by atoms with Crippen molar-refractivity contribution in [2.75, 3.05) is 7.11 Å². The van der Waals surface area contributed by atoms with Crippen LogP contribution in [0.2, 0.25) is 0 Å². The smallest absolute Gasteiger partial charge is 0.275 e. The van der Waals surface area contributed by atoms with Crippen molar-refractivity contribution in [2.24, 2.45) is 28.3 Å². The van der Waals surface area contributed by atoms with E-state index in [0.717, 1.165) is 23.5 Å². The van der Waals surface area contributed by atoms with Crippen LogP contribution in [0.3, 0.4) is 0 Å². The summed E-state index contributed by atoms with van der Waals surface area (Å²) in [4.78, 5) is 12.5. The van der Waals surface area contributed by atoms with Gasteiger partial charge in [0.1, 0.15) is 5.75 Å². The number of rotatable bonds is 4. The second-order valence-electron chi connectivity index (χ2n) is 8.04. The fourth-order valence-corrected chi connectivity index (χ4v) is 5.70. The van der Waals surface area contributed by atoms with Gasteiger partial charge in [0.2, 0.25) is 0 Å². The average molecular weight is 326 g/mol. The molecule has 1 amide bonds. The Morgan fingerprint density at radius 2 is 1.71 bits per heavy atom. The Balaban J connectivity index is 1.51. The molecular weight excluding hydrogens is 300 g/mol. The normalized spacial score (nSPS) is 34.2. The molecule has 4 nitrogen and oxygen atoms in total. The van der Waals surface area contributed by atoms with E-state index in [-0.39, 0.29) is 11.3 Å². The second kappa shape index (κ2) is 5.91. The van der Waals surface area contributed by atoms with Crippen molar-refractivity contribution in [1.82, 2.24) is 5.43 Å². The molecule has 4 heteroatoms. The zero-order valence-corrected chi connectivity index (χ0v) is 14.5. The van der Waals surface area contributed by atoms with Crippen molar-refractivity contribution in [3.05, 3.63) is 29.8 Å². The van der Waals surface area contributed by atoms with E-state index in [1.54, 1.807) is 19.2 Å². The Bertz CT molecular complexity index is 645. The van der Waals surface area contributed by atoms with Crippen LogP contribution in [-0.4, -0.2) is 18.7 Å². The third kappa shape index (κ3) is 2.62. The standard InChI is InChI=1S/C20H26N2O2/c1-13(20-10-14-7-15(11-20)9-16(8-14)12-20)21-22-19(23)17-5-3-4-6-18(17)24-2/h3-6,14-16H,7-12H2,1-2H3,(H,22,23)/b21-13+. The number of ether oxygens (including phenoxy) is 1. The number of hydrogen-bond donors (Lipinski definition) is 1. The fraction of sp³-hybridized carbons (Fsp3) is 0.600. The first kappa shape index (κ1) is 15.7. The van der Waals surface area contributed by atoms with E-state index in [0.29, 0.717) is 11.3 Å². The van der Waals surface area contributed by atoms with Crippen LogP contribution in [0.1, 0.15) is 55.8 Å². The summed E-state index contributed by atoms with van der Waals surface area (Å²) in [5, 5.41) is 4.53. The molecule has 1 aromatic carbocycles. The zero-order valence-electron chi connectivity index (χ0n) is 14.5. The van der Waals surface area contributed by atoms with Gasteiger partial charge >= 0.3 is 0 Å². The number of carbonyl (C=O) groups is 1. The summed E-state index contributed by atoms with van der Waals surface area (Å²) in [6.07, 6.45) is 8.04. The summed E-state index contributed by atoms with van der Waals surface area (Å²) < 4.78 is 5.26. The highest BCUT2D eigenvalue weighted by Gasteiger charge is 2.52. The van der Waals surface area contributed by atoms with Crippen LogP contribution in [0.4, 0.5) is 0 Å². The number of nitrogens with zero attached hydrogens (tertiary/aromatic N) is 1. The minimum absolute atomic E-state index is 0.198. The monoisotopic (exact) mass is 326 g/mol. The summed E-state index contributed by atoms with van der Waals surface area (Å²) in [7, 11) is 1.58. The minimum Gasteiger partial charge on any atom is -0.496 e. The number of amides is 1. The molecule has 24 heavy (non-hydrogen) atoms. The van der Waals surface area contributed by atoms with Crippen LogP contribution >= 0.6 is 0 Å². The molecule has 0 heterocycles. The SMILES string of the molecule is COc1ccccc1C(=O)N/N=C(\C)C12CC3CC(CC(C3)C1)C2. The lowest BCUT2D eigenvalue weighted by Gasteiger charge is -2.56. The quantitative estimate of drug-likeness (QED) is 0.671. The first-order valence-electron chi connectivity index (χ1n) is 9.08. The van der Waals surface area contributed by atoms with E-state index in [1.807, 2.05) is 12.1 Å². The van der Waals surface area contributed by atoms with Crippen LogP contribution in [0, 0.1) is 23.2 Å². The van der Waals surface area contributed by atoms with Gasteiger partial charge in [0.05, 0.1) is 12.7 Å². The number of nitrogens with one attached hydrogen (secondary N) is 1.